The summed E-state index contributed by atoms with van der Waals surface area (Å²) in [5, 5.41) is 107. The molecule has 0 aromatic heterocycles. The van der Waals surface area contributed by atoms with Gasteiger partial charge in [0.05, 0.1) is 56.1 Å². The van der Waals surface area contributed by atoms with Gasteiger partial charge in [0, 0.05) is 74.2 Å². The van der Waals surface area contributed by atoms with Crippen molar-refractivity contribution in [2.24, 2.45) is 0 Å². The lowest BCUT2D eigenvalue weighted by atomic mass is 9.96. The van der Waals surface area contributed by atoms with Crippen molar-refractivity contribution in [2.45, 2.75) is 96.6 Å². The third kappa shape index (κ3) is 22.4. The number of rotatable bonds is 13. The molecule has 16 N–H and O–H groups in total. The van der Waals surface area contributed by atoms with Crippen LogP contribution in [0.2, 0.25) is 20.1 Å². The average molecular weight is 1390 g/mol. The van der Waals surface area contributed by atoms with Crippen molar-refractivity contribution < 1.29 is 87.4 Å². The lowest BCUT2D eigenvalue weighted by Gasteiger charge is -2.23. The van der Waals surface area contributed by atoms with E-state index < -0.39 is 54.6 Å². The molecule has 7 aromatic carbocycles. The van der Waals surface area contributed by atoms with Crippen molar-refractivity contribution >= 4 is 110 Å². The normalized spacial score (nSPS) is 13.5. The van der Waals surface area contributed by atoms with Gasteiger partial charge in [0.2, 0.25) is 6.79 Å². The number of aliphatic hydroxyl groups excluding tert-OH is 4. The molecule has 31 heteroatoms. The highest BCUT2D eigenvalue weighted by atomic mass is 35.5. The number of aliphatic hydroxyl groups is 4. The Labute approximate surface area is 555 Å². The Kier molecular flexibility index (Phi) is 26.5. The zero-order chi connectivity index (χ0) is 69.1. The number of urea groups is 4. The number of halogens is 7. The highest BCUT2D eigenvalue weighted by Gasteiger charge is 2.31. The highest BCUT2D eigenvalue weighted by Crippen LogP contribution is 2.40. The van der Waals surface area contributed by atoms with Gasteiger partial charge in [0.25, 0.3) is 0 Å². The number of amides is 8. The van der Waals surface area contributed by atoms with Crippen molar-refractivity contribution in [2.75, 3.05) is 44.0 Å². The van der Waals surface area contributed by atoms with E-state index in [2.05, 4.69) is 47.3 Å². The number of nitrogens with one attached hydrogen (secondary N) is 8. The lowest BCUT2D eigenvalue weighted by molar-refractivity contribution is -0.274. The van der Waals surface area contributed by atoms with E-state index in [0.29, 0.717) is 45.5 Å². The number of nitrogens with zero attached hydrogens (tertiary/aromatic N) is 1. The van der Waals surface area contributed by atoms with Crippen LogP contribution in [0.5, 0.6) is 40.2 Å². The molecule has 8 amide bonds. The smallest absolute Gasteiger partial charge is 0.506 e. The van der Waals surface area contributed by atoms with Crippen LogP contribution < -0.4 is 56.7 Å². The summed E-state index contributed by atoms with van der Waals surface area (Å²) in [5.74, 6) is -0.147. The monoisotopic (exact) mass is 1380 g/mol. The van der Waals surface area contributed by atoms with Gasteiger partial charge in [-0.2, -0.15) is 5.26 Å². The van der Waals surface area contributed by atoms with Gasteiger partial charge in [0.15, 0.2) is 11.5 Å². The Bertz CT molecular complexity index is 3860. The first kappa shape index (κ1) is 73.6. The molecule has 1 aliphatic heterocycles. The second-order valence-corrected chi connectivity index (χ2v) is 22.4. The molecule has 1 saturated carbocycles. The van der Waals surface area contributed by atoms with Crippen molar-refractivity contribution in [3.63, 3.8) is 0 Å². The third-order valence-corrected chi connectivity index (χ3v) is 14.5. The van der Waals surface area contributed by atoms with E-state index in [9.17, 15) is 73.2 Å². The van der Waals surface area contributed by atoms with Gasteiger partial charge in [-0.3, -0.25) is 0 Å². The van der Waals surface area contributed by atoms with Gasteiger partial charge in [-0.1, -0.05) is 65.7 Å². The Morgan fingerprint density at radius 2 is 0.809 bits per heavy atom. The van der Waals surface area contributed by atoms with Crippen molar-refractivity contribution in [3.8, 4) is 46.3 Å². The number of benzene rings is 7. The third-order valence-electron chi connectivity index (χ3n) is 13.4. The summed E-state index contributed by atoms with van der Waals surface area (Å²) in [6, 6.07) is 27.4. The molecular weight excluding hydrogens is 1320 g/mol. The molecule has 0 radical (unpaired) electrons. The molecule has 2 aliphatic rings. The Morgan fingerprint density at radius 1 is 0.479 bits per heavy atom. The Balaban J connectivity index is 0.000000199. The molecule has 0 saturated heterocycles. The molecule has 1 heterocycles. The van der Waals surface area contributed by atoms with Gasteiger partial charge in [0.1, 0.15) is 28.7 Å². The van der Waals surface area contributed by atoms with Crippen LogP contribution in [0, 0.1) is 11.3 Å². The number of hydrogen-bond acceptors (Lipinski definition) is 16. The molecule has 1 aliphatic carbocycles. The number of anilines is 7. The number of fused-ring (bicyclic) bond motifs is 1. The summed E-state index contributed by atoms with van der Waals surface area (Å²) in [6.07, 6.45) is -3.03. The van der Waals surface area contributed by atoms with Crippen LogP contribution in [0.4, 0.5) is 72.2 Å². The number of aromatic hydroxyl groups is 4. The van der Waals surface area contributed by atoms with Crippen LogP contribution in [0.25, 0.3) is 0 Å². The van der Waals surface area contributed by atoms with E-state index in [0.717, 1.165) is 37.8 Å². The summed E-state index contributed by atoms with van der Waals surface area (Å²) < 4.78 is 50.5. The molecule has 9 rings (SSSR count). The molecule has 0 spiro atoms. The van der Waals surface area contributed by atoms with Crippen LogP contribution >= 0.6 is 46.4 Å². The predicted octanol–water partition coefficient (Wildman–Crippen LogP) is 15.3. The summed E-state index contributed by atoms with van der Waals surface area (Å²) in [7, 11) is 0. The number of nitriles is 1. The fourth-order valence-corrected chi connectivity index (χ4v) is 9.77. The number of carbonyl (C=O) groups excluding carboxylic acids is 4. The number of phenols is 4. The number of ether oxygens (including phenoxy) is 3. The molecule has 94 heavy (non-hydrogen) atoms. The maximum absolute atomic E-state index is 12.1. The first-order chi connectivity index (χ1) is 44.4. The standard InChI is InChI=1S/C16H14ClF3N2O4.C16H14ClN3O3.C16H15ClN2O5.C15H21ClN2O3/c1-8(23)12-6-10(7-13(17)14(12)24)22-15(25)21-9-2-4-11(5-3-9)26-16(18,19)20;1-9(21)13-6-12(7-14(17)15(13)22)20-16(23)19-11-4-2-10(8-18)3-5-11;1-8(20)11-4-10(5-12(17)15(11)21)19-16(22)18-9-2-3-13-14(6-9)24-7-23-13;1-9(19)12-7-11(8-13(16)14(12)20)18-15(21)17-10-5-3-2-4-6-10/h2-8,23-24H,1H3,(H2,21,22,25);2-7,9,21-22H,1H3,(H2,19,20,23);2-6,8,20-21H,7H2,1H3,(H2,18,19,22);7-10,19-20H,2-6H2,1H3,(H2,17,18,21). The summed E-state index contributed by atoms with van der Waals surface area (Å²) in [4.78, 5) is 48.0. The molecule has 4 atom stereocenters. The van der Waals surface area contributed by atoms with Gasteiger partial charge < -0.3 is 97.6 Å². The second kappa shape index (κ2) is 33.9. The van der Waals surface area contributed by atoms with E-state index >= 15 is 0 Å². The summed E-state index contributed by atoms with van der Waals surface area (Å²) >= 11 is 23.5. The number of phenolic OH excluding ortho intramolecular Hbond substituents is 4. The summed E-state index contributed by atoms with van der Waals surface area (Å²) in [5.41, 5.74) is 3.92. The lowest BCUT2D eigenvalue weighted by Crippen LogP contribution is -2.39. The molecular formula is C63H64Cl4F3N9O15. The van der Waals surface area contributed by atoms with Crippen LogP contribution in [0.3, 0.4) is 0 Å². The van der Waals surface area contributed by atoms with Crippen LogP contribution in [-0.4, -0.2) is 84.2 Å². The number of hydrogen-bond donors (Lipinski definition) is 16. The van der Waals surface area contributed by atoms with Gasteiger partial charge in [-0.25, -0.2) is 19.2 Å². The van der Waals surface area contributed by atoms with E-state index in [1.54, 1.807) is 42.5 Å². The molecule has 7 aromatic rings. The zero-order valence-corrected chi connectivity index (χ0v) is 53.2. The Hall–Kier alpha value is -9.50. The van der Waals surface area contributed by atoms with E-state index in [1.807, 2.05) is 6.07 Å². The van der Waals surface area contributed by atoms with Crippen molar-refractivity contribution in [1.29, 1.82) is 5.26 Å². The molecule has 0 bridgehead atoms. The SMILES string of the molecule is CC(O)c1cc(NC(=O)NC2CCCCC2)cc(Cl)c1O.CC(O)c1cc(NC(=O)Nc2ccc(C#N)cc2)cc(Cl)c1O.CC(O)c1cc(NC(=O)Nc2ccc(OC(F)(F)F)cc2)cc(Cl)c1O.CC(O)c1cc(NC(=O)Nc2ccc3c(c2)OCO3)cc(Cl)c1O. The Morgan fingerprint density at radius 3 is 1.17 bits per heavy atom. The zero-order valence-electron chi connectivity index (χ0n) is 50.1. The first-order valence-corrected chi connectivity index (χ1v) is 29.8. The van der Waals surface area contributed by atoms with Gasteiger partial charge >= 0.3 is 30.5 Å². The maximum Gasteiger partial charge on any atom is 0.573 e. The van der Waals surface area contributed by atoms with E-state index in [4.69, 9.17) is 61.1 Å². The topological polar surface area (TPSA) is 378 Å². The van der Waals surface area contributed by atoms with Crippen LogP contribution in [0.15, 0.2) is 115 Å². The second-order valence-electron chi connectivity index (χ2n) is 20.8. The van der Waals surface area contributed by atoms with E-state index in [1.165, 1.54) is 94.8 Å². The van der Waals surface area contributed by atoms with Gasteiger partial charge in [-0.05, 0) is 150 Å². The highest BCUT2D eigenvalue weighted by molar-refractivity contribution is 6.33. The molecule has 4 unspecified atom stereocenters. The number of alkyl halides is 3. The molecule has 500 valence electrons. The molecule has 24 nitrogen and oxygen atoms in total. The fourth-order valence-electron chi connectivity index (χ4n) is 8.87. The van der Waals surface area contributed by atoms with E-state index in [-0.39, 0.29) is 95.6 Å². The average Bonchev–Trinajstić information content (AvgIpc) is 1.31. The quantitative estimate of drug-likeness (QED) is 0.0477. The van der Waals surface area contributed by atoms with Crippen LogP contribution in [0.1, 0.15) is 112 Å². The minimum atomic E-state index is -4.80. The van der Waals surface area contributed by atoms with Gasteiger partial charge in [-0.15, -0.1) is 13.2 Å². The number of carbonyl (C=O) groups is 4. The summed E-state index contributed by atoms with van der Waals surface area (Å²) in [6.45, 7) is 6.06. The molecule has 1 fully saturated rings. The fraction of sp³-hybridized carbons (Fsp3) is 0.254. The predicted molar refractivity (Wildman–Crippen MR) is 349 cm³/mol. The van der Waals surface area contributed by atoms with Crippen molar-refractivity contribution in [1.82, 2.24) is 5.32 Å². The first-order valence-electron chi connectivity index (χ1n) is 28.3. The minimum absolute atomic E-state index is 0.0251. The minimum Gasteiger partial charge on any atom is -0.506 e. The maximum atomic E-state index is 12.1. The van der Waals surface area contributed by atoms with Crippen LogP contribution in [-0.2, 0) is 0 Å². The largest absolute Gasteiger partial charge is 0.573 e. The van der Waals surface area contributed by atoms with Crippen molar-refractivity contribution in [3.05, 3.63) is 163 Å².